The lowest BCUT2D eigenvalue weighted by Crippen LogP contribution is -2.00. The zero-order chi connectivity index (χ0) is 10.6. The Kier molecular flexibility index (Phi) is 3.72. The number of aryl methyl sites for hydroxylation is 1. The monoisotopic (exact) mass is 210 g/mol. The fourth-order valence-electron chi connectivity index (χ4n) is 1.05. The van der Waals surface area contributed by atoms with E-state index in [1.54, 1.807) is 12.1 Å². The molecular weight excluding hydrogens is 200 g/mol. The van der Waals surface area contributed by atoms with E-state index in [1.165, 1.54) is 0 Å². The highest BCUT2D eigenvalue weighted by Gasteiger charge is 2.03. The number of hydrogen-bond donors (Lipinski definition) is 1. The van der Waals surface area contributed by atoms with Crippen LogP contribution >= 0.6 is 11.6 Å². The van der Waals surface area contributed by atoms with Crippen LogP contribution in [0.5, 0.6) is 0 Å². The lowest BCUT2D eigenvalue weighted by Gasteiger charge is -2.01. The SMILES string of the molecule is C=C(CCc1ccc(Cl)cc1)C(=O)O. The first-order chi connectivity index (χ1) is 6.59. The van der Waals surface area contributed by atoms with E-state index < -0.39 is 5.97 Å². The highest BCUT2D eigenvalue weighted by atomic mass is 35.5. The van der Waals surface area contributed by atoms with Crippen LogP contribution in [0.25, 0.3) is 0 Å². The molecule has 0 aliphatic carbocycles. The van der Waals surface area contributed by atoms with Crippen LogP contribution in [0.15, 0.2) is 36.4 Å². The summed E-state index contributed by atoms with van der Waals surface area (Å²) in [6.07, 6.45) is 1.15. The molecule has 1 aromatic rings. The predicted molar refractivity (Wildman–Crippen MR) is 56.5 cm³/mol. The van der Waals surface area contributed by atoms with Crippen LogP contribution in [0.2, 0.25) is 5.02 Å². The van der Waals surface area contributed by atoms with Gasteiger partial charge in [0.2, 0.25) is 0 Å². The minimum atomic E-state index is -0.932. The highest BCUT2D eigenvalue weighted by Crippen LogP contribution is 2.12. The summed E-state index contributed by atoms with van der Waals surface area (Å²) in [5.41, 5.74) is 1.30. The standard InChI is InChI=1S/C11H11ClO2/c1-8(11(13)14)2-3-9-4-6-10(12)7-5-9/h4-7H,1-3H2,(H,13,14). The van der Waals surface area contributed by atoms with Crippen LogP contribution in [0.1, 0.15) is 12.0 Å². The molecule has 0 saturated carbocycles. The summed E-state index contributed by atoms with van der Waals surface area (Å²) in [6.45, 7) is 3.46. The highest BCUT2D eigenvalue weighted by molar-refractivity contribution is 6.30. The molecule has 74 valence electrons. The van der Waals surface area contributed by atoms with Crippen LogP contribution in [-0.2, 0) is 11.2 Å². The fourth-order valence-corrected chi connectivity index (χ4v) is 1.18. The quantitative estimate of drug-likeness (QED) is 0.776. The summed E-state index contributed by atoms with van der Waals surface area (Å²) in [4.78, 5) is 10.5. The van der Waals surface area contributed by atoms with E-state index in [9.17, 15) is 4.79 Å². The molecule has 0 fully saturated rings. The minimum absolute atomic E-state index is 0.236. The first-order valence-electron chi connectivity index (χ1n) is 4.25. The molecule has 0 aromatic heterocycles. The van der Waals surface area contributed by atoms with Gasteiger partial charge in [0, 0.05) is 10.6 Å². The molecule has 0 saturated heterocycles. The Morgan fingerprint density at radius 3 is 2.43 bits per heavy atom. The van der Waals surface area contributed by atoms with Gasteiger partial charge in [-0.25, -0.2) is 4.79 Å². The van der Waals surface area contributed by atoms with Crippen LogP contribution in [-0.4, -0.2) is 11.1 Å². The van der Waals surface area contributed by atoms with Gasteiger partial charge in [-0.1, -0.05) is 30.3 Å². The molecule has 0 unspecified atom stereocenters. The molecule has 1 rings (SSSR count). The second kappa shape index (κ2) is 4.82. The second-order valence-electron chi connectivity index (χ2n) is 3.04. The molecule has 0 atom stereocenters. The van der Waals surface area contributed by atoms with Crippen molar-refractivity contribution in [2.75, 3.05) is 0 Å². The molecule has 0 radical (unpaired) electrons. The lowest BCUT2D eigenvalue weighted by atomic mass is 10.1. The van der Waals surface area contributed by atoms with Gasteiger partial charge in [0.15, 0.2) is 0 Å². The van der Waals surface area contributed by atoms with Gasteiger partial charge in [0.1, 0.15) is 0 Å². The normalized spacial score (nSPS) is 9.79. The molecule has 14 heavy (non-hydrogen) atoms. The Balaban J connectivity index is 2.50. The van der Waals surface area contributed by atoms with Crippen molar-refractivity contribution in [3.8, 4) is 0 Å². The smallest absolute Gasteiger partial charge is 0.330 e. The number of hydrogen-bond acceptors (Lipinski definition) is 1. The van der Waals surface area contributed by atoms with E-state index >= 15 is 0 Å². The van der Waals surface area contributed by atoms with Crippen LogP contribution in [0, 0.1) is 0 Å². The summed E-state index contributed by atoms with van der Waals surface area (Å²) >= 11 is 5.71. The molecule has 2 nitrogen and oxygen atoms in total. The van der Waals surface area contributed by atoms with Gasteiger partial charge < -0.3 is 5.11 Å². The van der Waals surface area contributed by atoms with Crippen molar-refractivity contribution in [1.29, 1.82) is 0 Å². The number of aliphatic carboxylic acids is 1. The molecule has 0 bridgehead atoms. The zero-order valence-corrected chi connectivity index (χ0v) is 8.42. The van der Waals surface area contributed by atoms with E-state index in [2.05, 4.69) is 6.58 Å². The molecule has 0 aliphatic heterocycles. The molecule has 0 spiro atoms. The molecule has 0 amide bonds. The van der Waals surface area contributed by atoms with Gasteiger partial charge in [0.05, 0.1) is 0 Å². The van der Waals surface area contributed by atoms with Crippen molar-refractivity contribution in [3.63, 3.8) is 0 Å². The molecular formula is C11H11ClO2. The maximum absolute atomic E-state index is 10.5. The van der Waals surface area contributed by atoms with Gasteiger partial charge in [-0.2, -0.15) is 0 Å². The Hall–Kier alpha value is -1.28. The average Bonchev–Trinajstić information content (AvgIpc) is 2.16. The molecule has 3 heteroatoms. The number of halogens is 1. The summed E-state index contributed by atoms with van der Waals surface area (Å²) in [7, 11) is 0. The Morgan fingerprint density at radius 1 is 1.36 bits per heavy atom. The lowest BCUT2D eigenvalue weighted by molar-refractivity contribution is -0.132. The van der Waals surface area contributed by atoms with Crippen molar-refractivity contribution >= 4 is 17.6 Å². The van der Waals surface area contributed by atoms with E-state index in [0.29, 0.717) is 17.9 Å². The van der Waals surface area contributed by atoms with Gasteiger partial charge in [-0.3, -0.25) is 0 Å². The Bertz CT molecular complexity index is 341. The summed E-state index contributed by atoms with van der Waals surface area (Å²) in [5.74, 6) is -0.932. The third-order valence-corrected chi connectivity index (χ3v) is 2.18. The second-order valence-corrected chi connectivity index (χ2v) is 3.47. The zero-order valence-electron chi connectivity index (χ0n) is 7.66. The maximum atomic E-state index is 10.5. The largest absolute Gasteiger partial charge is 0.478 e. The number of carboxylic acids is 1. The van der Waals surface area contributed by atoms with Gasteiger partial charge in [-0.05, 0) is 30.5 Å². The third kappa shape index (κ3) is 3.23. The maximum Gasteiger partial charge on any atom is 0.330 e. The molecule has 1 N–H and O–H groups in total. The topological polar surface area (TPSA) is 37.3 Å². The summed E-state index contributed by atoms with van der Waals surface area (Å²) in [6, 6.07) is 7.36. The summed E-state index contributed by atoms with van der Waals surface area (Å²) in [5, 5.41) is 9.27. The van der Waals surface area contributed by atoms with Crippen LogP contribution in [0.4, 0.5) is 0 Å². The van der Waals surface area contributed by atoms with Crippen LogP contribution < -0.4 is 0 Å². The third-order valence-electron chi connectivity index (χ3n) is 1.93. The van der Waals surface area contributed by atoms with Crippen LogP contribution in [0.3, 0.4) is 0 Å². The first kappa shape index (κ1) is 10.8. The number of rotatable bonds is 4. The van der Waals surface area contributed by atoms with Crippen molar-refractivity contribution < 1.29 is 9.90 Å². The van der Waals surface area contributed by atoms with Gasteiger partial charge in [0.25, 0.3) is 0 Å². The van der Waals surface area contributed by atoms with Crippen molar-refractivity contribution in [3.05, 3.63) is 47.0 Å². The van der Waals surface area contributed by atoms with E-state index in [0.717, 1.165) is 5.56 Å². The minimum Gasteiger partial charge on any atom is -0.478 e. The van der Waals surface area contributed by atoms with E-state index in [-0.39, 0.29) is 5.57 Å². The van der Waals surface area contributed by atoms with Crippen molar-refractivity contribution in [1.82, 2.24) is 0 Å². The Labute approximate surface area is 87.8 Å². The first-order valence-corrected chi connectivity index (χ1v) is 4.63. The Morgan fingerprint density at radius 2 is 1.93 bits per heavy atom. The predicted octanol–water partition coefficient (Wildman–Crippen LogP) is 2.91. The van der Waals surface area contributed by atoms with Crippen molar-refractivity contribution in [2.24, 2.45) is 0 Å². The number of carboxylic acid groups (broad SMARTS) is 1. The molecule has 0 aliphatic rings. The van der Waals surface area contributed by atoms with Gasteiger partial charge >= 0.3 is 5.97 Å². The molecule has 1 aromatic carbocycles. The summed E-state index contributed by atoms with van der Waals surface area (Å²) < 4.78 is 0. The van der Waals surface area contributed by atoms with E-state index in [4.69, 9.17) is 16.7 Å². The molecule has 0 heterocycles. The number of carbonyl (C=O) groups is 1. The fraction of sp³-hybridized carbons (Fsp3) is 0.182. The average molecular weight is 211 g/mol. The number of benzene rings is 1. The van der Waals surface area contributed by atoms with Crippen molar-refractivity contribution in [2.45, 2.75) is 12.8 Å². The van der Waals surface area contributed by atoms with Gasteiger partial charge in [-0.15, -0.1) is 0 Å². The van der Waals surface area contributed by atoms with E-state index in [1.807, 2.05) is 12.1 Å².